The van der Waals surface area contributed by atoms with Crippen LogP contribution in [0.3, 0.4) is 0 Å². The van der Waals surface area contributed by atoms with Crippen LogP contribution in [0.1, 0.15) is 62.7 Å². The van der Waals surface area contributed by atoms with E-state index in [1.165, 1.54) is 66.2 Å². The van der Waals surface area contributed by atoms with Crippen molar-refractivity contribution in [2.24, 2.45) is 5.41 Å². The molecule has 3 aromatic heterocycles. The van der Waals surface area contributed by atoms with Crippen LogP contribution in [-0.2, 0) is 14.8 Å². The Balaban J connectivity index is 1.53. The van der Waals surface area contributed by atoms with Crippen molar-refractivity contribution in [1.29, 1.82) is 0 Å². The molecule has 5 rings (SSSR count). The Bertz CT molecular complexity index is 1380. The Morgan fingerprint density at radius 2 is 1.68 bits per heavy atom. The minimum Gasteiger partial charge on any atom is -0.479 e. The number of nitrogens with zero attached hydrogens (tertiary/aromatic N) is 7. The summed E-state index contributed by atoms with van der Waals surface area (Å²) in [6.07, 6.45) is 8.61. The van der Waals surface area contributed by atoms with E-state index in [1.54, 1.807) is 4.57 Å². The summed E-state index contributed by atoms with van der Waals surface area (Å²) in [6, 6.07) is 0. The van der Waals surface area contributed by atoms with Crippen LogP contribution in [0, 0.1) is 5.41 Å². The number of aromatic nitrogens is 7. The van der Waals surface area contributed by atoms with E-state index in [4.69, 9.17) is 25.8 Å². The molecule has 0 aliphatic heterocycles. The summed E-state index contributed by atoms with van der Waals surface area (Å²) < 4.78 is 47.8. The van der Waals surface area contributed by atoms with Crippen molar-refractivity contribution in [1.82, 2.24) is 34.7 Å². The van der Waals surface area contributed by atoms with Gasteiger partial charge >= 0.3 is 0 Å². The molecule has 3 heterocycles. The number of rotatable bonds is 10. The highest BCUT2D eigenvalue weighted by molar-refractivity contribution is 7.93. The maximum atomic E-state index is 13.6. The van der Waals surface area contributed by atoms with Crippen LogP contribution in [0.4, 0.5) is 5.95 Å². The van der Waals surface area contributed by atoms with E-state index in [-0.39, 0.29) is 29.5 Å². The predicted octanol–water partition coefficient (Wildman–Crippen LogP) is 3.08. The molecule has 0 saturated heterocycles. The number of hydrogen-bond donors (Lipinski definition) is 1. The number of sulfonamides is 1. The van der Waals surface area contributed by atoms with Crippen LogP contribution in [-0.4, -0.2) is 69.7 Å². The number of ether oxygens (including phenoxy) is 3. The van der Waals surface area contributed by atoms with Gasteiger partial charge in [-0.05, 0) is 38.0 Å². The third-order valence-corrected chi connectivity index (χ3v) is 9.38. The van der Waals surface area contributed by atoms with Gasteiger partial charge in [0.2, 0.25) is 27.7 Å². The molecule has 2 fully saturated rings. The topological polar surface area (TPSA) is 156 Å². The Labute approximate surface area is 225 Å². The van der Waals surface area contributed by atoms with E-state index in [9.17, 15) is 8.42 Å². The van der Waals surface area contributed by atoms with E-state index in [0.29, 0.717) is 21.9 Å². The molecule has 0 aromatic carbocycles. The monoisotopic (exact) mass is 564 g/mol. The Morgan fingerprint density at radius 1 is 1.05 bits per heavy atom. The van der Waals surface area contributed by atoms with Crippen LogP contribution in [0.2, 0.25) is 5.02 Å². The lowest BCUT2D eigenvalue weighted by Crippen LogP contribution is -2.42. The number of methoxy groups -OCH3 is 3. The van der Waals surface area contributed by atoms with Crippen LogP contribution < -0.4 is 14.2 Å². The molecule has 2 aliphatic rings. The summed E-state index contributed by atoms with van der Waals surface area (Å²) in [6.45, 7) is 1.50. The number of anilines is 1. The highest BCUT2D eigenvalue weighted by Crippen LogP contribution is 2.62. The molecular weight excluding hydrogens is 536 g/mol. The molecule has 0 radical (unpaired) electrons. The molecule has 3 aromatic rings. The second-order valence-electron chi connectivity index (χ2n) is 9.68. The molecular formula is C23H29ClN8O5S. The van der Waals surface area contributed by atoms with Gasteiger partial charge in [-0.15, -0.1) is 10.2 Å². The van der Waals surface area contributed by atoms with Gasteiger partial charge < -0.3 is 14.2 Å². The molecule has 204 valence electrons. The average Bonchev–Trinajstić information content (AvgIpc) is 3.25. The molecule has 2 atom stereocenters. The maximum Gasteiger partial charge on any atom is 0.245 e. The smallest absolute Gasteiger partial charge is 0.245 e. The van der Waals surface area contributed by atoms with E-state index < -0.39 is 21.4 Å². The minimum absolute atomic E-state index is 0.0420. The molecule has 13 nitrogen and oxygen atoms in total. The highest BCUT2D eigenvalue weighted by atomic mass is 35.5. The first-order chi connectivity index (χ1) is 18.2. The van der Waals surface area contributed by atoms with Crippen LogP contribution in [0.25, 0.3) is 5.69 Å². The molecule has 1 spiro atoms. The third-order valence-electron chi connectivity index (χ3n) is 7.49. The van der Waals surface area contributed by atoms with Crippen LogP contribution in [0.15, 0.2) is 18.7 Å². The first-order valence-electron chi connectivity index (χ1n) is 12.1. The molecule has 1 N–H and O–H groups in total. The Hall–Kier alpha value is -3.10. The zero-order valence-corrected chi connectivity index (χ0v) is 23.0. The Kier molecular flexibility index (Phi) is 7.13. The van der Waals surface area contributed by atoms with Crippen LogP contribution in [0.5, 0.6) is 11.8 Å². The first kappa shape index (κ1) is 26.5. The summed E-state index contributed by atoms with van der Waals surface area (Å²) >= 11 is 5.89. The highest BCUT2D eigenvalue weighted by Gasteiger charge is 2.50. The van der Waals surface area contributed by atoms with Gasteiger partial charge in [-0.25, -0.2) is 18.4 Å². The Morgan fingerprint density at radius 3 is 2.21 bits per heavy atom. The lowest BCUT2D eigenvalue weighted by Gasteiger charge is -2.53. The van der Waals surface area contributed by atoms with Crippen molar-refractivity contribution >= 4 is 27.6 Å². The van der Waals surface area contributed by atoms with Gasteiger partial charge in [-0.3, -0.25) is 9.29 Å². The van der Waals surface area contributed by atoms with Gasteiger partial charge in [-0.2, -0.15) is 9.97 Å². The van der Waals surface area contributed by atoms with E-state index in [1.807, 2.05) is 0 Å². The van der Waals surface area contributed by atoms with E-state index in [0.717, 1.165) is 12.8 Å². The van der Waals surface area contributed by atoms with Crippen LogP contribution >= 0.6 is 11.6 Å². The zero-order chi connectivity index (χ0) is 27.1. The predicted molar refractivity (Wildman–Crippen MR) is 137 cm³/mol. The molecule has 15 heteroatoms. The first-order valence-corrected chi connectivity index (χ1v) is 14.0. The summed E-state index contributed by atoms with van der Waals surface area (Å²) in [5.74, 6) is 1.18. The van der Waals surface area contributed by atoms with Crippen molar-refractivity contribution in [3.8, 4) is 17.4 Å². The van der Waals surface area contributed by atoms with Gasteiger partial charge in [0.05, 0.1) is 19.2 Å². The lowest BCUT2D eigenvalue weighted by molar-refractivity contribution is 0.00551. The van der Waals surface area contributed by atoms with Gasteiger partial charge in [0.25, 0.3) is 0 Å². The van der Waals surface area contributed by atoms with Crippen molar-refractivity contribution in [3.05, 3.63) is 35.4 Å². The number of halogens is 1. The molecule has 2 unspecified atom stereocenters. The molecule has 38 heavy (non-hydrogen) atoms. The summed E-state index contributed by atoms with van der Waals surface area (Å²) in [5.41, 5.74) is 0.656. The molecule has 2 aliphatic carbocycles. The summed E-state index contributed by atoms with van der Waals surface area (Å²) in [4.78, 5) is 16.7. The van der Waals surface area contributed by atoms with E-state index in [2.05, 4.69) is 34.9 Å². The largest absolute Gasteiger partial charge is 0.479 e. The van der Waals surface area contributed by atoms with E-state index >= 15 is 0 Å². The normalized spacial score (nSPS) is 18.3. The average molecular weight is 565 g/mol. The second kappa shape index (κ2) is 10.2. The van der Waals surface area contributed by atoms with Crippen molar-refractivity contribution in [3.63, 3.8) is 0 Å². The second-order valence-corrected chi connectivity index (χ2v) is 12.2. The van der Waals surface area contributed by atoms with Gasteiger partial charge in [-0.1, -0.05) is 18.0 Å². The molecule has 0 amide bonds. The third kappa shape index (κ3) is 4.64. The minimum atomic E-state index is -4.10. The van der Waals surface area contributed by atoms with Crippen molar-refractivity contribution < 1.29 is 22.6 Å². The van der Waals surface area contributed by atoms with Gasteiger partial charge in [0, 0.05) is 25.4 Å². The lowest BCUT2D eigenvalue weighted by atomic mass is 9.51. The number of hydrogen-bond acceptors (Lipinski definition) is 11. The number of nitrogens with one attached hydrogen (secondary N) is 1. The molecule has 2 saturated carbocycles. The molecule has 0 bridgehead atoms. The fraction of sp³-hybridized carbons (Fsp3) is 0.565. The maximum absolute atomic E-state index is 13.6. The fourth-order valence-electron chi connectivity index (χ4n) is 5.30. The standard InChI is InChI=1S/C23H29ClN8O5S/c1-13(17(35-2)18-25-10-15(24)11-26-18)38(33,34)31-22-30-29-19(14-8-23(9-14)6-5-7-23)32(22)16-20(36-3)27-12-28-21(16)37-4/h10-14,17H,5-9H2,1-4H3,(H,30,31). The SMILES string of the molecule is COc1ncnc(OC)c1-n1c(NS(=O)(=O)C(C)C(OC)c2ncc(Cl)cn2)nnc1C1CC2(CCC2)C1. The fourth-order valence-corrected chi connectivity index (χ4v) is 6.53. The quantitative estimate of drug-likeness (QED) is 0.386. The van der Waals surface area contributed by atoms with Gasteiger partial charge in [0.1, 0.15) is 23.5 Å². The zero-order valence-electron chi connectivity index (χ0n) is 21.5. The van der Waals surface area contributed by atoms with Gasteiger partial charge in [0.15, 0.2) is 11.5 Å². The summed E-state index contributed by atoms with van der Waals surface area (Å²) in [5, 5.41) is 7.87. The summed E-state index contributed by atoms with van der Waals surface area (Å²) in [7, 11) is 0.207. The van der Waals surface area contributed by atoms with Crippen molar-refractivity contribution in [2.45, 2.75) is 56.3 Å². The van der Waals surface area contributed by atoms with Crippen molar-refractivity contribution in [2.75, 3.05) is 26.1 Å².